The van der Waals surface area contributed by atoms with Crippen LogP contribution < -0.4 is 16.3 Å². The molecular weight excluding hydrogens is 496 g/mol. The van der Waals surface area contributed by atoms with E-state index in [2.05, 4.69) is 63.3 Å². The lowest BCUT2D eigenvalue weighted by Crippen LogP contribution is -2.36. The maximum atomic E-state index is 12.6. The molecule has 0 bridgehead atoms. The molecule has 3 N–H and O–H groups in total. The summed E-state index contributed by atoms with van der Waals surface area (Å²) >= 11 is 0. The van der Waals surface area contributed by atoms with Crippen LogP contribution in [-0.2, 0) is 13.1 Å². The van der Waals surface area contributed by atoms with Gasteiger partial charge < -0.3 is 15.6 Å². The molecule has 1 fully saturated rings. The first kappa shape index (κ1) is 24.4. The van der Waals surface area contributed by atoms with Gasteiger partial charge in [0.05, 0.1) is 23.3 Å². The summed E-state index contributed by atoms with van der Waals surface area (Å²) in [7, 11) is 0. The van der Waals surface area contributed by atoms with Gasteiger partial charge in [0, 0.05) is 42.6 Å². The summed E-state index contributed by atoms with van der Waals surface area (Å²) in [6.45, 7) is 3.55. The number of piperidine rings is 1. The van der Waals surface area contributed by atoms with Gasteiger partial charge in [-0.2, -0.15) is 0 Å². The average molecular weight is 529 g/mol. The van der Waals surface area contributed by atoms with Crippen LogP contribution in [0.2, 0.25) is 0 Å². The highest BCUT2D eigenvalue weighted by atomic mass is 16.1. The summed E-state index contributed by atoms with van der Waals surface area (Å²) in [4.78, 5) is 25.5. The lowest BCUT2D eigenvalue weighted by atomic mass is 10.0. The van der Waals surface area contributed by atoms with Gasteiger partial charge in [-0.3, -0.25) is 9.47 Å². The first-order chi connectivity index (χ1) is 19.6. The Hall–Kier alpha value is -4.62. The number of fused-ring (bicyclic) bond motifs is 2. The summed E-state index contributed by atoms with van der Waals surface area (Å²) in [6.07, 6.45) is 1.93. The maximum Gasteiger partial charge on any atom is 0.326 e. The van der Waals surface area contributed by atoms with Crippen LogP contribution in [0.1, 0.15) is 35.6 Å². The van der Waals surface area contributed by atoms with Crippen molar-refractivity contribution in [3.8, 4) is 0 Å². The molecule has 1 saturated heterocycles. The molecule has 2 aliphatic rings. The zero-order chi connectivity index (χ0) is 27.1. The van der Waals surface area contributed by atoms with Crippen LogP contribution in [0, 0.1) is 0 Å². The smallest absolute Gasteiger partial charge is 0.326 e. The number of hydrogen-bond acceptors (Lipinski definition) is 5. The number of amidine groups is 1. The Morgan fingerprint density at radius 1 is 0.875 bits per heavy atom. The molecule has 0 unspecified atom stereocenters. The zero-order valence-electron chi connectivity index (χ0n) is 22.3. The van der Waals surface area contributed by atoms with Crippen LogP contribution in [0.4, 0.5) is 17.1 Å². The summed E-state index contributed by atoms with van der Waals surface area (Å²) in [5.41, 5.74) is 14.3. The Balaban J connectivity index is 1.07. The van der Waals surface area contributed by atoms with Crippen molar-refractivity contribution in [2.45, 2.75) is 32.0 Å². The fourth-order valence-electron chi connectivity index (χ4n) is 6.09. The van der Waals surface area contributed by atoms with Gasteiger partial charge in [0.1, 0.15) is 5.84 Å². The molecule has 40 heavy (non-hydrogen) atoms. The molecule has 7 nitrogen and oxygen atoms in total. The van der Waals surface area contributed by atoms with Gasteiger partial charge in [0.15, 0.2) is 0 Å². The minimum Gasteiger partial charge on any atom is -0.399 e. The summed E-state index contributed by atoms with van der Waals surface area (Å²) < 4.78 is 1.96. The Labute approximate surface area is 233 Å². The van der Waals surface area contributed by atoms with E-state index in [0.717, 1.165) is 84.1 Å². The van der Waals surface area contributed by atoms with E-state index >= 15 is 0 Å². The highest BCUT2D eigenvalue weighted by Crippen LogP contribution is 2.33. The van der Waals surface area contributed by atoms with Crippen molar-refractivity contribution in [3.05, 3.63) is 124 Å². The number of likely N-dealkylation sites (tertiary alicyclic amines) is 1. The van der Waals surface area contributed by atoms with Crippen molar-refractivity contribution in [1.29, 1.82) is 0 Å². The highest BCUT2D eigenvalue weighted by Gasteiger charge is 2.25. The molecule has 5 aromatic rings. The number of nitrogens with one attached hydrogen (secondary N) is 1. The number of aromatic amines is 1. The number of nitrogens with zero attached hydrogens (tertiary/aromatic N) is 4. The fraction of sp³-hybridized carbons (Fsp3) is 0.212. The normalized spacial score (nSPS) is 16.2. The Kier molecular flexibility index (Phi) is 6.21. The van der Waals surface area contributed by atoms with E-state index in [1.165, 1.54) is 5.56 Å². The lowest BCUT2D eigenvalue weighted by molar-refractivity contribution is 0.180. The second-order valence-electron chi connectivity index (χ2n) is 10.8. The summed E-state index contributed by atoms with van der Waals surface area (Å²) in [5, 5.41) is 0. The molecule has 3 heterocycles. The van der Waals surface area contributed by atoms with Crippen LogP contribution in [-0.4, -0.2) is 33.4 Å². The third-order valence-electron chi connectivity index (χ3n) is 8.15. The minimum absolute atomic E-state index is 0.00324. The van der Waals surface area contributed by atoms with Gasteiger partial charge in [-0.05, 0) is 66.4 Å². The van der Waals surface area contributed by atoms with Crippen LogP contribution in [0.5, 0.6) is 0 Å². The minimum atomic E-state index is -0.00324. The van der Waals surface area contributed by atoms with E-state index in [1.54, 1.807) is 0 Å². The van der Waals surface area contributed by atoms with E-state index < -0.39 is 0 Å². The molecule has 4 aromatic carbocycles. The van der Waals surface area contributed by atoms with Crippen molar-refractivity contribution in [3.63, 3.8) is 0 Å². The standard InChI is InChI=1S/C33H32N6O/c34-26-14-15-29-25(20-26)22-38(27-6-2-1-3-7-27)32(35-29)24-12-10-23(11-13-24)21-37-18-16-28(17-19-37)39-31-9-5-4-8-30(31)36-33(39)40/h1-15,20,28H,16-19,21-22,34H2,(H,36,40). The molecule has 200 valence electrons. The predicted octanol–water partition coefficient (Wildman–Crippen LogP) is 5.85. The van der Waals surface area contributed by atoms with Gasteiger partial charge in [-0.15, -0.1) is 0 Å². The van der Waals surface area contributed by atoms with Crippen molar-refractivity contribution in [1.82, 2.24) is 14.5 Å². The number of nitrogen functional groups attached to an aromatic ring is 1. The van der Waals surface area contributed by atoms with Crippen molar-refractivity contribution in [2.75, 3.05) is 23.7 Å². The number of anilines is 2. The zero-order valence-corrected chi connectivity index (χ0v) is 22.3. The Morgan fingerprint density at radius 2 is 1.62 bits per heavy atom. The topological polar surface area (TPSA) is 82.6 Å². The molecule has 0 aliphatic carbocycles. The highest BCUT2D eigenvalue weighted by molar-refractivity contribution is 6.12. The van der Waals surface area contributed by atoms with Crippen LogP contribution in [0.25, 0.3) is 11.0 Å². The molecule has 7 heteroatoms. The molecule has 7 rings (SSSR count). The van der Waals surface area contributed by atoms with Crippen molar-refractivity contribution >= 4 is 33.9 Å². The van der Waals surface area contributed by atoms with Gasteiger partial charge in [-0.25, -0.2) is 9.79 Å². The number of aromatic nitrogens is 2. The number of H-pyrrole nitrogens is 1. The number of hydrogen-bond donors (Lipinski definition) is 2. The van der Waals surface area contributed by atoms with Crippen molar-refractivity contribution < 1.29 is 0 Å². The first-order valence-electron chi connectivity index (χ1n) is 13.9. The van der Waals surface area contributed by atoms with Gasteiger partial charge in [0.25, 0.3) is 0 Å². The summed E-state index contributed by atoms with van der Waals surface area (Å²) in [6, 6.07) is 33.3. The Morgan fingerprint density at radius 3 is 2.42 bits per heavy atom. The second-order valence-corrected chi connectivity index (χ2v) is 10.8. The van der Waals surface area contributed by atoms with E-state index in [4.69, 9.17) is 10.7 Å². The third-order valence-corrected chi connectivity index (χ3v) is 8.15. The largest absolute Gasteiger partial charge is 0.399 e. The molecule has 0 amide bonds. The number of imidazole rings is 1. The summed E-state index contributed by atoms with van der Waals surface area (Å²) in [5.74, 6) is 0.944. The number of para-hydroxylation sites is 3. The lowest BCUT2D eigenvalue weighted by Gasteiger charge is -2.33. The molecular formula is C33H32N6O. The quantitative estimate of drug-likeness (QED) is 0.281. The molecule has 0 saturated carbocycles. The predicted molar refractivity (Wildman–Crippen MR) is 162 cm³/mol. The third kappa shape index (κ3) is 4.58. The monoisotopic (exact) mass is 528 g/mol. The van der Waals surface area contributed by atoms with E-state index in [9.17, 15) is 4.79 Å². The SMILES string of the molecule is Nc1ccc2c(c1)CN(c1ccccc1)C(c1ccc(CN3CCC(n4c(=O)[nH]c5ccccc54)CC3)cc1)=N2. The average Bonchev–Trinajstić information content (AvgIpc) is 3.33. The number of aliphatic imine (C=N–C) groups is 1. The molecule has 1 aromatic heterocycles. The van der Waals surface area contributed by atoms with E-state index in [-0.39, 0.29) is 11.7 Å². The number of benzene rings is 4. The molecule has 0 atom stereocenters. The molecule has 2 aliphatic heterocycles. The Bertz CT molecular complexity index is 1740. The first-order valence-corrected chi connectivity index (χ1v) is 13.9. The van der Waals surface area contributed by atoms with Crippen molar-refractivity contribution in [2.24, 2.45) is 4.99 Å². The maximum absolute atomic E-state index is 12.6. The number of rotatable bonds is 5. The molecule has 0 radical (unpaired) electrons. The van der Waals surface area contributed by atoms with Gasteiger partial charge in [0.2, 0.25) is 0 Å². The fourth-order valence-corrected chi connectivity index (χ4v) is 6.09. The van der Waals surface area contributed by atoms with Crippen LogP contribution in [0.3, 0.4) is 0 Å². The second kappa shape index (κ2) is 10.2. The molecule has 0 spiro atoms. The van der Waals surface area contributed by atoms with Crippen LogP contribution >= 0.6 is 0 Å². The van der Waals surface area contributed by atoms with E-state index in [0.29, 0.717) is 0 Å². The van der Waals surface area contributed by atoms with Gasteiger partial charge in [-0.1, -0.05) is 54.6 Å². The van der Waals surface area contributed by atoms with Crippen LogP contribution in [0.15, 0.2) is 107 Å². The number of nitrogens with two attached hydrogens (primary N) is 1. The van der Waals surface area contributed by atoms with E-state index in [1.807, 2.05) is 53.1 Å². The van der Waals surface area contributed by atoms with Gasteiger partial charge >= 0.3 is 5.69 Å².